The maximum atomic E-state index is 9.73. The molecule has 76 valence electrons. The Morgan fingerprint density at radius 3 is 2.71 bits per heavy atom. The summed E-state index contributed by atoms with van der Waals surface area (Å²) < 4.78 is 0. The number of rotatable bonds is 3. The van der Waals surface area contributed by atoms with Crippen LogP contribution in [0.1, 0.15) is 30.4 Å². The molecule has 0 amide bonds. The fraction of sp³-hybridized carbons (Fsp3) is 0.500. The molecular weight excluding hydrogens is 196 g/mol. The minimum atomic E-state index is -0.369. The smallest absolute Gasteiger partial charge is 0.0653 e. The van der Waals surface area contributed by atoms with Gasteiger partial charge in [-0.05, 0) is 49.8 Å². The molecule has 2 rings (SSSR count). The van der Waals surface area contributed by atoms with E-state index in [0.29, 0.717) is 0 Å². The van der Waals surface area contributed by atoms with Gasteiger partial charge >= 0.3 is 0 Å². The van der Waals surface area contributed by atoms with Gasteiger partial charge in [0.2, 0.25) is 0 Å². The van der Waals surface area contributed by atoms with E-state index in [9.17, 15) is 5.11 Å². The Labute approximate surface area is 89.7 Å². The van der Waals surface area contributed by atoms with Crippen molar-refractivity contribution >= 4 is 11.6 Å². The third-order valence-corrected chi connectivity index (χ3v) is 3.37. The number of aryl methyl sites for hydroxylation is 1. The first-order valence-corrected chi connectivity index (χ1v) is 5.45. The summed E-state index contributed by atoms with van der Waals surface area (Å²) in [5.41, 5.74) is 2.04. The van der Waals surface area contributed by atoms with Crippen LogP contribution in [-0.4, -0.2) is 10.7 Å². The maximum Gasteiger partial charge on any atom is 0.0653 e. The minimum absolute atomic E-state index is 0.369. The molecule has 14 heavy (non-hydrogen) atoms. The van der Waals surface area contributed by atoms with Gasteiger partial charge in [-0.1, -0.05) is 23.7 Å². The van der Waals surface area contributed by atoms with Gasteiger partial charge in [0.1, 0.15) is 0 Å². The lowest BCUT2D eigenvalue weighted by molar-refractivity contribution is 0.140. The van der Waals surface area contributed by atoms with Crippen molar-refractivity contribution in [3.8, 4) is 0 Å². The van der Waals surface area contributed by atoms with Crippen LogP contribution < -0.4 is 0 Å². The molecule has 1 aromatic rings. The Morgan fingerprint density at radius 1 is 1.43 bits per heavy atom. The van der Waals surface area contributed by atoms with Crippen LogP contribution in [0.15, 0.2) is 18.2 Å². The second-order valence-corrected chi connectivity index (χ2v) is 4.67. The van der Waals surface area contributed by atoms with Gasteiger partial charge in [-0.2, -0.15) is 0 Å². The number of halogens is 1. The van der Waals surface area contributed by atoms with Gasteiger partial charge in [0.25, 0.3) is 0 Å². The Kier molecular flexibility index (Phi) is 2.54. The van der Waals surface area contributed by atoms with Crippen molar-refractivity contribution in [3.63, 3.8) is 0 Å². The Morgan fingerprint density at radius 2 is 2.14 bits per heavy atom. The topological polar surface area (TPSA) is 20.2 Å². The normalized spacial score (nSPS) is 18.2. The highest BCUT2D eigenvalue weighted by Gasteiger charge is 2.39. The summed E-state index contributed by atoms with van der Waals surface area (Å²) in [5, 5.41) is 10.6. The van der Waals surface area contributed by atoms with Gasteiger partial charge in [-0.15, -0.1) is 0 Å². The highest BCUT2D eigenvalue weighted by Crippen LogP contribution is 2.39. The van der Waals surface area contributed by atoms with Crippen molar-refractivity contribution in [2.45, 2.75) is 38.2 Å². The van der Waals surface area contributed by atoms with Gasteiger partial charge in [0, 0.05) is 5.02 Å². The quantitative estimate of drug-likeness (QED) is 0.813. The van der Waals surface area contributed by atoms with E-state index < -0.39 is 0 Å². The van der Waals surface area contributed by atoms with Crippen LogP contribution in [0.5, 0.6) is 0 Å². The zero-order valence-corrected chi connectivity index (χ0v) is 9.14. The van der Waals surface area contributed by atoms with Gasteiger partial charge in [-0.25, -0.2) is 0 Å². The molecule has 0 unspecified atom stereocenters. The third kappa shape index (κ3) is 2.10. The highest BCUT2D eigenvalue weighted by atomic mass is 35.5. The fourth-order valence-electron chi connectivity index (χ4n) is 1.74. The molecule has 1 saturated carbocycles. The molecule has 0 aromatic heterocycles. The lowest BCUT2D eigenvalue weighted by Crippen LogP contribution is -2.08. The molecule has 1 N–H and O–H groups in total. The van der Waals surface area contributed by atoms with E-state index in [-0.39, 0.29) is 5.60 Å². The minimum Gasteiger partial charge on any atom is -0.390 e. The molecule has 1 aromatic carbocycles. The van der Waals surface area contributed by atoms with Gasteiger partial charge in [0.05, 0.1) is 5.60 Å². The SMILES string of the molecule is Cc1cccc(Cl)c1CCC1(O)CC1. The van der Waals surface area contributed by atoms with E-state index in [0.717, 1.165) is 30.7 Å². The molecule has 0 heterocycles. The molecule has 0 saturated heterocycles. The van der Waals surface area contributed by atoms with Crippen molar-refractivity contribution in [2.24, 2.45) is 0 Å². The third-order valence-electron chi connectivity index (χ3n) is 3.02. The van der Waals surface area contributed by atoms with Gasteiger partial charge < -0.3 is 5.11 Å². The van der Waals surface area contributed by atoms with E-state index in [1.807, 2.05) is 12.1 Å². The van der Waals surface area contributed by atoms with E-state index >= 15 is 0 Å². The molecule has 2 heteroatoms. The monoisotopic (exact) mass is 210 g/mol. The molecule has 0 atom stereocenters. The van der Waals surface area contributed by atoms with Crippen LogP contribution in [0.2, 0.25) is 5.02 Å². The van der Waals surface area contributed by atoms with Crippen LogP contribution in [0.25, 0.3) is 0 Å². The summed E-state index contributed by atoms with van der Waals surface area (Å²) in [5.74, 6) is 0. The number of hydrogen-bond donors (Lipinski definition) is 1. The Hall–Kier alpha value is -0.530. The summed E-state index contributed by atoms with van der Waals surface area (Å²) in [4.78, 5) is 0. The van der Waals surface area contributed by atoms with Crippen molar-refractivity contribution in [3.05, 3.63) is 34.3 Å². The molecule has 0 bridgehead atoms. The zero-order chi connectivity index (χ0) is 10.2. The second kappa shape index (κ2) is 3.56. The molecule has 0 spiro atoms. The fourth-order valence-corrected chi connectivity index (χ4v) is 2.05. The van der Waals surface area contributed by atoms with E-state index in [4.69, 9.17) is 11.6 Å². The highest BCUT2D eigenvalue weighted by molar-refractivity contribution is 6.31. The van der Waals surface area contributed by atoms with Crippen LogP contribution in [0, 0.1) is 6.92 Å². The van der Waals surface area contributed by atoms with E-state index in [1.165, 1.54) is 11.1 Å². The first kappa shape index (κ1) is 10.0. The molecule has 1 aliphatic rings. The van der Waals surface area contributed by atoms with Gasteiger partial charge in [-0.3, -0.25) is 0 Å². The lowest BCUT2D eigenvalue weighted by atomic mass is 10.0. The molecule has 1 nitrogen and oxygen atoms in total. The standard InChI is InChI=1S/C12H15ClO/c1-9-3-2-4-11(13)10(9)5-6-12(14)7-8-12/h2-4,14H,5-8H2,1H3. The maximum absolute atomic E-state index is 9.73. The first-order valence-electron chi connectivity index (χ1n) is 5.07. The number of hydrogen-bond acceptors (Lipinski definition) is 1. The Bertz CT molecular complexity index is 322. The lowest BCUT2D eigenvalue weighted by Gasteiger charge is -2.10. The van der Waals surface area contributed by atoms with E-state index in [1.54, 1.807) is 0 Å². The largest absolute Gasteiger partial charge is 0.390 e. The predicted octanol–water partition coefficient (Wildman–Crippen LogP) is 3.11. The Balaban J connectivity index is 2.08. The average Bonchev–Trinajstić information content (AvgIpc) is 2.83. The van der Waals surface area contributed by atoms with Crippen molar-refractivity contribution in [1.29, 1.82) is 0 Å². The summed E-state index contributed by atoms with van der Waals surface area (Å²) in [6.45, 7) is 2.07. The molecule has 1 fully saturated rings. The van der Waals surface area contributed by atoms with Crippen LogP contribution >= 0.6 is 11.6 Å². The summed E-state index contributed by atoms with van der Waals surface area (Å²) in [7, 11) is 0. The predicted molar refractivity (Wildman–Crippen MR) is 58.7 cm³/mol. The number of benzene rings is 1. The zero-order valence-electron chi connectivity index (χ0n) is 8.39. The summed E-state index contributed by atoms with van der Waals surface area (Å²) in [6, 6.07) is 5.95. The van der Waals surface area contributed by atoms with Crippen LogP contribution in [-0.2, 0) is 6.42 Å². The number of aliphatic hydroxyl groups is 1. The molecule has 0 aliphatic heterocycles. The summed E-state index contributed by atoms with van der Waals surface area (Å²) >= 11 is 6.10. The first-order chi connectivity index (χ1) is 6.61. The van der Waals surface area contributed by atoms with E-state index in [2.05, 4.69) is 13.0 Å². The van der Waals surface area contributed by atoms with Gasteiger partial charge in [0.15, 0.2) is 0 Å². The molecule has 0 radical (unpaired) electrons. The van der Waals surface area contributed by atoms with Crippen molar-refractivity contribution in [1.82, 2.24) is 0 Å². The average molecular weight is 211 g/mol. The summed E-state index contributed by atoms with van der Waals surface area (Å²) in [6.07, 6.45) is 3.65. The van der Waals surface area contributed by atoms with Crippen molar-refractivity contribution < 1.29 is 5.11 Å². The van der Waals surface area contributed by atoms with Crippen LogP contribution in [0.4, 0.5) is 0 Å². The van der Waals surface area contributed by atoms with Crippen LogP contribution in [0.3, 0.4) is 0 Å². The second-order valence-electron chi connectivity index (χ2n) is 4.26. The molecular formula is C12H15ClO. The molecule has 1 aliphatic carbocycles. The van der Waals surface area contributed by atoms with Crippen molar-refractivity contribution in [2.75, 3.05) is 0 Å².